The molecule has 0 saturated carbocycles. The standard InChI is InChI=1S/C21H28N2O5S/c1-6-20(21(24)22-15(2)16-7-11-18(27-3)12-8-16)23(29(5,25)26)17-9-13-19(28-4)14-10-17/h7-15,20H,6H2,1-5H3,(H,22,24)/t15-,20+/m1/s1. The predicted molar refractivity (Wildman–Crippen MR) is 114 cm³/mol. The van der Waals surface area contributed by atoms with Crippen LogP contribution in [0.1, 0.15) is 31.9 Å². The second kappa shape index (κ2) is 9.65. The molecule has 2 atom stereocenters. The first kappa shape index (κ1) is 22.5. The highest BCUT2D eigenvalue weighted by molar-refractivity contribution is 7.92. The van der Waals surface area contributed by atoms with Gasteiger partial charge in [-0.25, -0.2) is 8.42 Å². The van der Waals surface area contributed by atoms with E-state index in [0.29, 0.717) is 17.9 Å². The van der Waals surface area contributed by atoms with Gasteiger partial charge in [0.2, 0.25) is 15.9 Å². The number of amides is 1. The number of carbonyl (C=O) groups is 1. The third-order valence-corrected chi connectivity index (χ3v) is 5.81. The van der Waals surface area contributed by atoms with E-state index in [9.17, 15) is 13.2 Å². The van der Waals surface area contributed by atoms with Crippen molar-refractivity contribution in [2.75, 3.05) is 24.8 Å². The number of ether oxygens (including phenoxy) is 2. The zero-order valence-electron chi connectivity index (χ0n) is 17.4. The lowest BCUT2D eigenvalue weighted by molar-refractivity contribution is -0.122. The fourth-order valence-electron chi connectivity index (χ4n) is 3.07. The maximum absolute atomic E-state index is 13.0. The van der Waals surface area contributed by atoms with Crippen LogP contribution in [0.5, 0.6) is 11.5 Å². The van der Waals surface area contributed by atoms with Crippen LogP contribution in [0.25, 0.3) is 0 Å². The topological polar surface area (TPSA) is 84.9 Å². The van der Waals surface area contributed by atoms with E-state index in [4.69, 9.17) is 9.47 Å². The monoisotopic (exact) mass is 420 g/mol. The molecule has 158 valence electrons. The highest BCUT2D eigenvalue weighted by Crippen LogP contribution is 2.26. The predicted octanol–water partition coefficient (Wildman–Crippen LogP) is 3.13. The molecule has 2 rings (SSSR count). The third-order valence-electron chi connectivity index (χ3n) is 4.63. The molecule has 0 aliphatic heterocycles. The Kier molecular flexibility index (Phi) is 7.50. The van der Waals surface area contributed by atoms with Crippen LogP contribution in [-0.2, 0) is 14.8 Å². The molecule has 8 heteroatoms. The third kappa shape index (κ3) is 5.63. The van der Waals surface area contributed by atoms with Gasteiger partial charge >= 0.3 is 0 Å². The minimum Gasteiger partial charge on any atom is -0.497 e. The first-order chi connectivity index (χ1) is 13.7. The summed E-state index contributed by atoms with van der Waals surface area (Å²) in [5, 5.41) is 2.92. The van der Waals surface area contributed by atoms with Crippen molar-refractivity contribution in [3.63, 3.8) is 0 Å². The van der Waals surface area contributed by atoms with Crippen molar-refractivity contribution in [3.05, 3.63) is 54.1 Å². The SMILES string of the molecule is CC[C@@H](C(=O)N[C@H](C)c1ccc(OC)cc1)N(c1ccc(OC)cc1)S(C)(=O)=O. The molecule has 0 heterocycles. The van der Waals surface area contributed by atoms with Crippen LogP contribution in [0.15, 0.2) is 48.5 Å². The summed E-state index contributed by atoms with van der Waals surface area (Å²) in [7, 11) is -0.566. The Hall–Kier alpha value is -2.74. The Balaban J connectivity index is 2.26. The number of sulfonamides is 1. The number of methoxy groups -OCH3 is 2. The minimum atomic E-state index is -3.69. The smallest absolute Gasteiger partial charge is 0.244 e. The second-order valence-electron chi connectivity index (χ2n) is 6.68. The van der Waals surface area contributed by atoms with Crippen molar-refractivity contribution in [1.29, 1.82) is 0 Å². The normalized spacial score (nSPS) is 13.3. The molecule has 0 aliphatic carbocycles. The van der Waals surface area contributed by atoms with E-state index in [1.165, 1.54) is 7.11 Å². The first-order valence-electron chi connectivity index (χ1n) is 9.29. The van der Waals surface area contributed by atoms with Crippen molar-refractivity contribution in [1.82, 2.24) is 5.32 Å². The number of anilines is 1. The van der Waals surface area contributed by atoms with Crippen LogP contribution in [-0.4, -0.2) is 40.8 Å². The summed E-state index contributed by atoms with van der Waals surface area (Å²) in [6.07, 6.45) is 1.42. The van der Waals surface area contributed by atoms with Crippen LogP contribution >= 0.6 is 0 Å². The van der Waals surface area contributed by atoms with Crippen LogP contribution in [0, 0.1) is 0 Å². The average Bonchev–Trinajstić information content (AvgIpc) is 2.71. The number of hydrogen-bond donors (Lipinski definition) is 1. The molecule has 29 heavy (non-hydrogen) atoms. The average molecular weight is 421 g/mol. The zero-order chi connectivity index (χ0) is 21.6. The highest BCUT2D eigenvalue weighted by atomic mass is 32.2. The van der Waals surface area contributed by atoms with Gasteiger partial charge in [-0.3, -0.25) is 9.10 Å². The minimum absolute atomic E-state index is 0.292. The van der Waals surface area contributed by atoms with Gasteiger partial charge < -0.3 is 14.8 Å². The maximum Gasteiger partial charge on any atom is 0.244 e. The summed E-state index contributed by atoms with van der Waals surface area (Å²) in [6.45, 7) is 3.63. The molecular weight excluding hydrogens is 392 g/mol. The Morgan fingerprint density at radius 1 is 1.00 bits per heavy atom. The first-order valence-corrected chi connectivity index (χ1v) is 11.1. The van der Waals surface area contributed by atoms with Gasteiger partial charge in [-0.1, -0.05) is 19.1 Å². The molecule has 0 saturated heterocycles. The van der Waals surface area contributed by atoms with Gasteiger partial charge in [-0.15, -0.1) is 0 Å². The van der Waals surface area contributed by atoms with Crippen LogP contribution in [0.2, 0.25) is 0 Å². The van der Waals surface area contributed by atoms with E-state index < -0.39 is 16.1 Å². The molecule has 1 N–H and O–H groups in total. The molecule has 0 radical (unpaired) electrons. The van der Waals surface area contributed by atoms with E-state index in [0.717, 1.165) is 21.9 Å². The molecule has 1 amide bonds. The molecule has 0 bridgehead atoms. The molecule has 2 aromatic carbocycles. The Morgan fingerprint density at radius 3 is 1.90 bits per heavy atom. The number of benzene rings is 2. The van der Waals surface area contributed by atoms with Crippen molar-refractivity contribution in [2.45, 2.75) is 32.4 Å². The molecule has 2 aromatic rings. The summed E-state index contributed by atoms with van der Waals surface area (Å²) in [4.78, 5) is 13.0. The molecule has 7 nitrogen and oxygen atoms in total. The lowest BCUT2D eigenvalue weighted by atomic mass is 10.1. The number of hydrogen-bond acceptors (Lipinski definition) is 5. The number of carbonyl (C=O) groups excluding carboxylic acids is 1. The van der Waals surface area contributed by atoms with E-state index in [-0.39, 0.29) is 11.9 Å². The summed E-state index contributed by atoms with van der Waals surface area (Å²) in [5.74, 6) is 0.964. The van der Waals surface area contributed by atoms with Gasteiger partial charge in [0.05, 0.1) is 32.2 Å². The van der Waals surface area contributed by atoms with Gasteiger partial charge in [0, 0.05) is 0 Å². The lowest BCUT2D eigenvalue weighted by Gasteiger charge is -2.31. The number of nitrogens with zero attached hydrogens (tertiary/aromatic N) is 1. The fraction of sp³-hybridized carbons (Fsp3) is 0.381. The van der Waals surface area contributed by atoms with E-state index in [2.05, 4.69) is 5.32 Å². The van der Waals surface area contributed by atoms with E-state index in [1.54, 1.807) is 38.3 Å². The van der Waals surface area contributed by atoms with Crippen LogP contribution in [0.3, 0.4) is 0 Å². The van der Waals surface area contributed by atoms with Crippen molar-refractivity contribution in [2.24, 2.45) is 0 Å². The quantitative estimate of drug-likeness (QED) is 0.674. The highest BCUT2D eigenvalue weighted by Gasteiger charge is 2.32. The van der Waals surface area contributed by atoms with Crippen molar-refractivity contribution in [3.8, 4) is 11.5 Å². The number of rotatable bonds is 9. The molecule has 0 aliphatic rings. The van der Waals surface area contributed by atoms with Crippen molar-refractivity contribution >= 4 is 21.6 Å². The molecular formula is C21H28N2O5S. The van der Waals surface area contributed by atoms with E-state index >= 15 is 0 Å². The summed E-state index contributed by atoms with van der Waals surface area (Å²) in [6, 6.07) is 12.8. The zero-order valence-corrected chi connectivity index (χ0v) is 18.2. The Labute approximate surface area is 172 Å². The van der Waals surface area contributed by atoms with Gasteiger partial charge in [0.1, 0.15) is 17.5 Å². The lowest BCUT2D eigenvalue weighted by Crippen LogP contribution is -2.49. The molecule has 0 spiro atoms. The number of nitrogens with one attached hydrogen (secondary N) is 1. The summed E-state index contributed by atoms with van der Waals surface area (Å²) in [5.41, 5.74) is 1.30. The molecule has 0 fully saturated rings. The van der Waals surface area contributed by atoms with Crippen LogP contribution in [0.4, 0.5) is 5.69 Å². The fourth-order valence-corrected chi connectivity index (χ4v) is 4.29. The Morgan fingerprint density at radius 2 is 1.48 bits per heavy atom. The second-order valence-corrected chi connectivity index (χ2v) is 8.54. The van der Waals surface area contributed by atoms with Crippen molar-refractivity contribution < 1.29 is 22.7 Å². The summed E-state index contributed by atoms with van der Waals surface area (Å²) < 4.78 is 36.5. The van der Waals surface area contributed by atoms with Gasteiger partial charge in [-0.05, 0) is 55.3 Å². The van der Waals surface area contributed by atoms with Crippen LogP contribution < -0.4 is 19.1 Å². The molecule has 0 unspecified atom stereocenters. The van der Waals surface area contributed by atoms with Gasteiger partial charge in [0.25, 0.3) is 0 Å². The van der Waals surface area contributed by atoms with E-state index in [1.807, 2.05) is 31.2 Å². The molecule has 0 aromatic heterocycles. The maximum atomic E-state index is 13.0. The van der Waals surface area contributed by atoms with Gasteiger partial charge in [-0.2, -0.15) is 0 Å². The summed E-state index contributed by atoms with van der Waals surface area (Å²) >= 11 is 0. The largest absolute Gasteiger partial charge is 0.497 e. The Bertz CT molecular complexity index is 911. The van der Waals surface area contributed by atoms with Gasteiger partial charge in [0.15, 0.2) is 0 Å².